The number of unbranched alkanes of at least 4 members (excludes halogenated alkanes) is 2. The molecule has 0 aromatic heterocycles. The molecule has 0 unspecified atom stereocenters. The summed E-state index contributed by atoms with van der Waals surface area (Å²) in [6.45, 7) is 6.23. The minimum atomic E-state index is 1.00. The van der Waals surface area contributed by atoms with Gasteiger partial charge in [-0.2, -0.15) is 0 Å². The van der Waals surface area contributed by atoms with Crippen LogP contribution in [-0.4, -0.2) is 4.90 Å². The van der Waals surface area contributed by atoms with Crippen molar-refractivity contribution in [1.29, 1.82) is 0 Å². The standard InChI is InChI=1S/C12H15BrIN/c1-3-4-5-6-12(14)15-8-7-11(13)9-10(15)2/h6-9H,2-5H2,1H3/b12-6-. The summed E-state index contributed by atoms with van der Waals surface area (Å²) < 4.78 is 2.29. The highest BCUT2D eigenvalue weighted by molar-refractivity contribution is 14.1. The van der Waals surface area contributed by atoms with E-state index in [1.54, 1.807) is 0 Å². The summed E-state index contributed by atoms with van der Waals surface area (Å²) in [6.07, 6.45) is 12.0. The minimum Gasteiger partial charge on any atom is -0.313 e. The largest absolute Gasteiger partial charge is 0.313 e. The van der Waals surface area contributed by atoms with Crippen molar-refractivity contribution in [2.24, 2.45) is 0 Å². The molecule has 3 heteroatoms. The van der Waals surface area contributed by atoms with E-state index in [0.29, 0.717) is 0 Å². The van der Waals surface area contributed by atoms with Crippen LogP contribution in [0.2, 0.25) is 0 Å². The molecule has 0 radical (unpaired) electrons. The smallest absolute Gasteiger partial charge is 0.0802 e. The number of hydrogen-bond acceptors (Lipinski definition) is 1. The fourth-order valence-electron chi connectivity index (χ4n) is 1.25. The van der Waals surface area contributed by atoms with Crippen LogP contribution >= 0.6 is 38.5 Å². The maximum atomic E-state index is 4.02. The predicted molar refractivity (Wildman–Crippen MR) is 78.8 cm³/mol. The molecule has 0 aromatic carbocycles. The first-order valence-corrected chi connectivity index (χ1v) is 6.91. The molecule has 0 aromatic rings. The van der Waals surface area contributed by atoms with Crippen molar-refractivity contribution in [2.45, 2.75) is 26.2 Å². The molecule has 15 heavy (non-hydrogen) atoms. The van der Waals surface area contributed by atoms with E-state index in [1.807, 2.05) is 18.4 Å². The fraction of sp³-hybridized carbons (Fsp3) is 0.333. The SMILES string of the molecule is C=C1C=C(Br)C=CN1/C(I)=C\CCCC. The Hall–Kier alpha value is -0.0300. The van der Waals surface area contributed by atoms with Gasteiger partial charge in [-0.3, -0.25) is 0 Å². The highest BCUT2D eigenvalue weighted by Gasteiger charge is 2.09. The molecule has 0 bridgehead atoms. The second-order valence-corrected chi connectivity index (χ2v) is 5.40. The lowest BCUT2D eigenvalue weighted by Gasteiger charge is -2.23. The summed E-state index contributed by atoms with van der Waals surface area (Å²) in [5, 5.41) is 0. The molecule has 0 fully saturated rings. The maximum absolute atomic E-state index is 4.02. The van der Waals surface area contributed by atoms with Gasteiger partial charge in [0.25, 0.3) is 0 Å². The monoisotopic (exact) mass is 379 g/mol. The third-order valence-corrected chi connectivity index (χ3v) is 3.55. The number of allylic oxidation sites excluding steroid dienone is 4. The van der Waals surface area contributed by atoms with E-state index in [9.17, 15) is 0 Å². The predicted octanol–water partition coefficient (Wildman–Crippen LogP) is 5.07. The van der Waals surface area contributed by atoms with E-state index < -0.39 is 0 Å². The Labute approximate surface area is 114 Å². The highest BCUT2D eigenvalue weighted by Crippen LogP contribution is 2.27. The van der Waals surface area contributed by atoms with Gasteiger partial charge < -0.3 is 4.90 Å². The molecule has 0 amide bonds. The summed E-state index contributed by atoms with van der Waals surface area (Å²) in [5.74, 6) is 0. The summed E-state index contributed by atoms with van der Waals surface area (Å²) in [5.41, 5.74) is 1.00. The third-order valence-electron chi connectivity index (χ3n) is 2.10. The Balaban J connectivity index is 2.62. The van der Waals surface area contributed by atoms with Crippen molar-refractivity contribution in [2.75, 3.05) is 0 Å². The molecule has 0 aliphatic carbocycles. The Morgan fingerprint density at radius 2 is 2.40 bits per heavy atom. The van der Waals surface area contributed by atoms with Crippen LogP contribution in [0.5, 0.6) is 0 Å². The Morgan fingerprint density at radius 1 is 1.67 bits per heavy atom. The van der Waals surface area contributed by atoms with Crippen LogP contribution in [0, 0.1) is 0 Å². The third kappa shape index (κ3) is 4.15. The molecule has 0 atom stereocenters. The lowest BCUT2D eigenvalue weighted by molar-refractivity contribution is 0.635. The summed E-state index contributed by atoms with van der Waals surface area (Å²) in [4.78, 5) is 2.10. The second kappa shape index (κ2) is 6.53. The molecule has 0 saturated carbocycles. The van der Waals surface area contributed by atoms with Crippen LogP contribution in [0.15, 0.2) is 44.9 Å². The van der Waals surface area contributed by atoms with Gasteiger partial charge in [-0.15, -0.1) is 0 Å². The maximum Gasteiger partial charge on any atom is 0.0802 e. The van der Waals surface area contributed by atoms with Crippen molar-refractivity contribution in [3.05, 3.63) is 44.9 Å². The number of halogens is 2. The number of rotatable bonds is 4. The Kier molecular flexibility index (Phi) is 5.68. The molecule has 1 heterocycles. The second-order valence-electron chi connectivity index (χ2n) is 3.38. The Morgan fingerprint density at radius 3 is 3.00 bits per heavy atom. The lowest BCUT2D eigenvalue weighted by Crippen LogP contribution is -2.12. The van der Waals surface area contributed by atoms with Crippen LogP contribution in [0.4, 0.5) is 0 Å². The normalized spacial score (nSPS) is 17.0. The van der Waals surface area contributed by atoms with Gasteiger partial charge in [0, 0.05) is 16.4 Å². The van der Waals surface area contributed by atoms with Gasteiger partial charge in [0.2, 0.25) is 0 Å². The van der Waals surface area contributed by atoms with Crippen molar-refractivity contribution in [1.82, 2.24) is 4.90 Å². The van der Waals surface area contributed by atoms with Crippen molar-refractivity contribution in [3.8, 4) is 0 Å². The molecule has 0 spiro atoms. The molecule has 1 aliphatic rings. The average Bonchev–Trinajstić information content (AvgIpc) is 2.17. The molecule has 1 aliphatic heterocycles. The van der Waals surface area contributed by atoms with Crippen LogP contribution in [-0.2, 0) is 0 Å². The zero-order chi connectivity index (χ0) is 11.3. The summed E-state index contributed by atoms with van der Waals surface area (Å²) in [7, 11) is 0. The van der Waals surface area contributed by atoms with Gasteiger partial charge in [-0.25, -0.2) is 0 Å². The summed E-state index contributed by atoms with van der Waals surface area (Å²) in [6, 6.07) is 0. The molecule has 1 rings (SSSR count). The van der Waals surface area contributed by atoms with Gasteiger partial charge in [0.1, 0.15) is 0 Å². The lowest BCUT2D eigenvalue weighted by atomic mass is 10.2. The van der Waals surface area contributed by atoms with Gasteiger partial charge in [-0.1, -0.05) is 41.9 Å². The molecule has 82 valence electrons. The van der Waals surface area contributed by atoms with Gasteiger partial charge >= 0.3 is 0 Å². The van der Waals surface area contributed by atoms with Crippen molar-refractivity contribution in [3.63, 3.8) is 0 Å². The van der Waals surface area contributed by atoms with Crippen molar-refractivity contribution >= 4 is 38.5 Å². The Bertz CT molecular complexity index is 329. The van der Waals surface area contributed by atoms with Crippen LogP contribution in [0.3, 0.4) is 0 Å². The topological polar surface area (TPSA) is 3.24 Å². The van der Waals surface area contributed by atoms with E-state index in [0.717, 1.165) is 16.6 Å². The summed E-state index contributed by atoms with van der Waals surface area (Å²) >= 11 is 5.79. The molecular formula is C12H15BrIN. The van der Waals surface area contributed by atoms with Gasteiger partial charge in [0.15, 0.2) is 0 Å². The average molecular weight is 380 g/mol. The first-order valence-electron chi connectivity index (χ1n) is 5.04. The first-order chi connectivity index (χ1) is 7.15. The van der Waals surface area contributed by atoms with Crippen LogP contribution < -0.4 is 0 Å². The molecule has 0 saturated heterocycles. The highest BCUT2D eigenvalue weighted by atomic mass is 127. The van der Waals surface area contributed by atoms with E-state index in [4.69, 9.17) is 0 Å². The first kappa shape index (κ1) is 13.0. The molecule has 0 N–H and O–H groups in total. The van der Waals surface area contributed by atoms with Crippen molar-refractivity contribution < 1.29 is 0 Å². The van der Waals surface area contributed by atoms with Gasteiger partial charge in [0.05, 0.1) is 3.70 Å². The van der Waals surface area contributed by atoms with E-state index in [1.165, 1.54) is 16.5 Å². The molecule has 1 nitrogen and oxygen atoms in total. The van der Waals surface area contributed by atoms with E-state index in [2.05, 4.69) is 63.0 Å². The minimum absolute atomic E-state index is 1.00. The zero-order valence-corrected chi connectivity index (χ0v) is 12.6. The van der Waals surface area contributed by atoms with E-state index >= 15 is 0 Å². The van der Waals surface area contributed by atoms with Crippen LogP contribution in [0.25, 0.3) is 0 Å². The van der Waals surface area contributed by atoms with E-state index in [-0.39, 0.29) is 0 Å². The number of hydrogen-bond donors (Lipinski definition) is 0. The quantitative estimate of drug-likeness (QED) is 0.374. The fourth-order valence-corrected chi connectivity index (χ4v) is 2.41. The van der Waals surface area contributed by atoms with Gasteiger partial charge in [-0.05, 0) is 47.6 Å². The molecular weight excluding hydrogens is 365 g/mol. The zero-order valence-electron chi connectivity index (χ0n) is 8.84. The number of nitrogens with zero attached hydrogens (tertiary/aromatic N) is 1. The van der Waals surface area contributed by atoms with Crippen LogP contribution in [0.1, 0.15) is 26.2 Å².